The molecule has 3 aromatic carbocycles. The molecule has 38 heavy (non-hydrogen) atoms. The van der Waals surface area contributed by atoms with E-state index in [2.05, 4.69) is 111 Å². The van der Waals surface area contributed by atoms with Gasteiger partial charge in [0.1, 0.15) is 0 Å². The molecule has 0 amide bonds. The molecule has 1 saturated heterocycles. The second-order valence-electron chi connectivity index (χ2n) is 11.8. The zero-order valence-corrected chi connectivity index (χ0v) is 26.9. The predicted octanol–water partition coefficient (Wildman–Crippen LogP) is 9.39. The monoisotopic (exact) mass is 617 g/mol. The van der Waals surface area contributed by atoms with E-state index >= 15 is 0 Å². The number of benzene rings is 3. The zero-order chi connectivity index (χ0) is 26.6. The Bertz CT molecular complexity index is 1120. The molecular formula is C35H47NOSn. The summed E-state index contributed by atoms with van der Waals surface area (Å²) in [5.74, 6) is 0. The summed E-state index contributed by atoms with van der Waals surface area (Å²) < 4.78 is 12.1. The van der Waals surface area contributed by atoms with Crippen molar-refractivity contribution in [3.63, 3.8) is 0 Å². The number of fused-ring (bicyclic) bond motifs is 3. The van der Waals surface area contributed by atoms with Crippen LogP contribution >= 0.6 is 0 Å². The van der Waals surface area contributed by atoms with Crippen LogP contribution in [0.4, 0.5) is 0 Å². The molecule has 1 fully saturated rings. The normalized spacial score (nSPS) is 20.4. The molecule has 2 nitrogen and oxygen atoms in total. The summed E-state index contributed by atoms with van der Waals surface area (Å²) in [6.45, 7) is 10.3. The molecule has 0 bridgehead atoms. The van der Waals surface area contributed by atoms with Crippen molar-refractivity contribution in [3.05, 3.63) is 95.6 Å². The molecule has 1 aliphatic carbocycles. The molecule has 0 unspecified atom stereocenters. The SMILES string of the molecule is CCC[CH2][Sn]([CH2]CCC)([CH2]CCC)[C@H]1OCN(C2(c3ccccc3)c3ccccc3-c3ccccc32)[C@H]1C. The van der Waals surface area contributed by atoms with Crippen molar-refractivity contribution >= 4 is 18.4 Å². The Hall–Kier alpha value is -1.62. The van der Waals surface area contributed by atoms with Crippen LogP contribution in [-0.4, -0.2) is 40.2 Å². The first-order valence-corrected chi connectivity index (χ1v) is 23.0. The summed E-state index contributed by atoms with van der Waals surface area (Å²) in [5, 5.41) is 0. The molecule has 3 heteroatoms. The molecule has 2 atom stereocenters. The van der Waals surface area contributed by atoms with Crippen LogP contribution in [0.1, 0.15) is 82.9 Å². The average Bonchev–Trinajstić information content (AvgIpc) is 3.50. The van der Waals surface area contributed by atoms with Gasteiger partial charge < -0.3 is 0 Å². The second kappa shape index (κ2) is 12.3. The van der Waals surface area contributed by atoms with Crippen molar-refractivity contribution < 1.29 is 4.74 Å². The van der Waals surface area contributed by atoms with Crippen LogP contribution in [0.5, 0.6) is 0 Å². The van der Waals surface area contributed by atoms with Gasteiger partial charge in [0, 0.05) is 0 Å². The van der Waals surface area contributed by atoms with Gasteiger partial charge in [0.25, 0.3) is 0 Å². The molecule has 3 aromatic rings. The minimum absolute atomic E-state index is 0.319. The fourth-order valence-corrected chi connectivity index (χ4v) is 26.0. The third-order valence-corrected chi connectivity index (χ3v) is 26.4. The van der Waals surface area contributed by atoms with E-state index < -0.39 is 18.4 Å². The average molecular weight is 616 g/mol. The summed E-state index contributed by atoms with van der Waals surface area (Å²) in [6, 6.07) is 29.9. The molecule has 0 saturated carbocycles. The van der Waals surface area contributed by atoms with Gasteiger partial charge in [-0.05, 0) is 0 Å². The van der Waals surface area contributed by atoms with E-state index in [4.69, 9.17) is 4.74 Å². The van der Waals surface area contributed by atoms with Crippen LogP contribution in [0.15, 0.2) is 78.9 Å². The van der Waals surface area contributed by atoms with E-state index in [1.807, 2.05) is 0 Å². The first-order chi connectivity index (χ1) is 18.6. The van der Waals surface area contributed by atoms with Gasteiger partial charge in [-0.2, -0.15) is 0 Å². The van der Waals surface area contributed by atoms with E-state index in [1.165, 1.54) is 79.7 Å². The number of ether oxygens (including phenoxy) is 1. The van der Waals surface area contributed by atoms with Gasteiger partial charge in [-0.3, -0.25) is 0 Å². The number of nitrogens with zero attached hydrogens (tertiary/aromatic N) is 1. The maximum atomic E-state index is 7.14. The summed E-state index contributed by atoms with van der Waals surface area (Å²) in [6.07, 6.45) is 8.05. The van der Waals surface area contributed by atoms with Crippen LogP contribution in [0.3, 0.4) is 0 Å². The molecule has 0 N–H and O–H groups in total. The molecule has 1 aliphatic heterocycles. The summed E-state index contributed by atoms with van der Waals surface area (Å²) in [5.41, 5.74) is 6.63. The molecule has 5 rings (SSSR count). The van der Waals surface area contributed by atoms with Gasteiger partial charge in [0.05, 0.1) is 0 Å². The maximum absolute atomic E-state index is 7.14. The molecular weight excluding hydrogens is 569 g/mol. The van der Waals surface area contributed by atoms with Crippen molar-refractivity contribution in [1.29, 1.82) is 0 Å². The van der Waals surface area contributed by atoms with Crippen LogP contribution in [0.25, 0.3) is 11.1 Å². The fourth-order valence-electron chi connectivity index (χ4n) is 7.74. The topological polar surface area (TPSA) is 12.5 Å². The Morgan fingerprint density at radius 1 is 0.711 bits per heavy atom. The molecule has 0 radical (unpaired) electrons. The molecule has 2 aliphatic rings. The first-order valence-electron chi connectivity index (χ1n) is 15.3. The summed E-state index contributed by atoms with van der Waals surface area (Å²) in [7, 11) is 0. The molecule has 0 spiro atoms. The van der Waals surface area contributed by atoms with Gasteiger partial charge in [0.15, 0.2) is 0 Å². The zero-order valence-electron chi connectivity index (χ0n) is 24.1. The standard InChI is InChI=1S/C23H20NO.3C4H9.Sn/c1-17-15-25-16-24(17)23(18-9-3-2-4-10-18)21-13-7-5-11-19(21)20-12-6-8-14-22(20)23;3*1-3-4-2;/h2-15,17H,16H2,1H3;3*1,3-4H2,2H3;/t17-;;;;/m0..../s1. The number of rotatable bonds is 12. The van der Waals surface area contributed by atoms with Crippen molar-refractivity contribution in [2.45, 2.75) is 95.2 Å². The first kappa shape index (κ1) is 27.9. The number of hydrogen-bond acceptors (Lipinski definition) is 2. The van der Waals surface area contributed by atoms with Crippen molar-refractivity contribution in [3.8, 4) is 11.1 Å². The van der Waals surface area contributed by atoms with E-state index in [0.717, 1.165) is 0 Å². The van der Waals surface area contributed by atoms with E-state index in [9.17, 15) is 0 Å². The summed E-state index contributed by atoms with van der Waals surface area (Å²) in [4.78, 5) is 2.77. The third-order valence-electron chi connectivity index (χ3n) is 9.56. The van der Waals surface area contributed by atoms with Gasteiger partial charge in [0.2, 0.25) is 0 Å². The third kappa shape index (κ3) is 4.69. The predicted molar refractivity (Wildman–Crippen MR) is 164 cm³/mol. The van der Waals surface area contributed by atoms with E-state index in [0.29, 0.717) is 16.9 Å². The minimum atomic E-state index is -2.64. The van der Waals surface area contributed by atoms with Crippen molar-refractivity contribution in [1.82, 2.24) is 4.90 Å². The fraction of sp³-hybridized carbons (Fsp3) is 0.486. The Balaban J connectivity index is 1.66. The Kier molecular flexibility index (Phi) is 9.02. The summed E-state index contributed by atoms with van der Waals surface area (Å²) >= 11 is -2.64. The van der Waals surface area contributed by atoms with Crippen molar-refractivity contribution in [2.24, 2.45) is 0 Å². The van der Waals surface area contributed by atoms with Gasteiger partial charge in [-0.15, -0.1) is 0 Å². The molecule has 1 heterocycles. The van der Waals surface area contributed by atoms with Crippen LogP contribution in [0.2, 0.25) is 13.3 Å². The number of hydrogen-bond donors (Lipinski definition) is 0. The van der Waals surface area contributed by atoms with Crippen LogP contribution < -0.4 is 0 Å². The van der Waals surface area contributed by atoms with Gasteiger partial charge in [-0.25, -0.2) is 0 Å². The van der Waals surface area contributed by atoms with E-state index in [1.54, 1.807) is 0 Å². The second-order valence-corrected chi connectivity index (χ2v) is 25.4. The molecule has 0 aromatic heterocycles. The Labute approximate surface area is 235 Å². The van der Waals surface area contributed by atoms with E-state index in [-0.39, 0.29) is 5.54 Å². The van der Waals surface area contributed by atoms with Crippen LogP contribution in [0, 0.1) is 0 Å². The van der Waals surface area contributed by atoms with Crippen LogP contribution in [-0.2, 0) is 10.3 Å². The number of unbranched alkanes of at least 4 members (excludes halogenated alkanes) is 3. The van der Waals surface area contributed by atoms with Crippen molar-refractivity contribution in [2.75, 3.05) is 6.73 Å². The Morgan fingerprint density at radius 3 is 1.68 bits per heavy atom. The molecule has 202 valence electrons. The van der Waals surface area contributed by atoms with Gasteiger partial charge >= 0.3 is 237 Å². The quantitative estimate of drug-likeness (QED) is 0.188. The van der Waals surface area contributed by atoms with Gasteiger partial charge in [-0.1, -0.05) is 0 Å². The Morgan fingerprint density at radius 2 is 1.18 bits per heavy atom.